The van der Waals surface area contributed by atoms with Gasteiger partial charge in [0.05, 0.1) is 11.5 Å². The molecule has 0 aromatic carbocycles. The zero-order chi connectivity index (χ0) is 24.6. The van der Waals surface area contributed by atoms with E-state index in [1.807, 2.05) is 6.08 Å². The molecule has 1 spiro atoms. The maximum absolute atomic E-state index is 13.5. The van der Waals surface area contributed by atoms with Gasteiger partial charge in [-0.05, 0) is 86.0 Å². The Hall–Kier alpha value is -1.42. The quantitative estimate of drug-likeness (QED) is 0.276. The molecule has 0 radical (unpaired) electrons. The number of allylic oxidation sites excluding steroid dienone is 3. The van der Waals surface area contributed by atoms with E-state index in [1.54, 1.807) is 6.08 Å². The third-order valence-corrected chi connectivity index (χ3v) is 11.3. The molecule has 1 saturated heterocycles. The van der Waals surface area contributed by atoms with Gasteiger partial charge in [0.25, 0.3) is 0 Å². The first kappa shape index (κ1) is 24.3. The maximum atomic E-state index is 13.5. The fraction of sp³-hybridized carbons (Fsp3) is 0.800. The highest BCUT2D eigenvalue weighted by atomic mass is 16.6. The van der Waals surface area contributed by atoms with Crippen LogP contribution in [0.5, 0.6) is 0 Å². The number of ether oxygens (including phenoxy) is 2. The van der Waals surface area contributed by atoms with Gasteiger partial charge in [-0.2, -0.15) is 0 Å². The Bertz CT molecular complexity index is 919. The molecule has 5 aliphatic rings. The second-order valence-electron chi connectivity index (χ2n) is 13.1. The maximum Gasteiger partial charge on any atom is 0.302 e. The molecule has 1 aliphatic heterocycles. The minimum atomic E-state index is -0.604. The molecule has 1 heterocycles. The Labute approximate surface area is 205 Å². The Kier molecular flexibility index (Phi) is 5.75. The molecule has 4 heteroatoms. The van der Waals surface area contributed by atoms with E-state index >= 15 is 0 Å². The van der Waals surface area contributed by atoms with Crippen LogP contribution in [-0.4, -0.2) is 29.6 Å². The van der Waals surface area contributed by atoms with Gasteiger partial charge in [0.2, 0.25) is 0 Å². The van der Waals surface area contributed by atoms with Crippen LogP contribution in [0.3, 0.4) is 0 Å². The summed E-state index contributed by atoms with van der Waals surface area (Å²) in [6.45, 7) is 15.3. The fourth-order valence-electron chi connectivity index (χ4n) is 9.12. The van der Waals surface area contributed by atoms with Crippen LogP contribution in [-0.2, 0) is 19.1 Å². The summed E-state index contributed by atoms with van der Waals surface area (Å²) in [5.41, 5.74) is -0.884. The van der Waals surface area contributed by atoms with Gasteiger partial charge in [-0.15, -0.1) is 0 Å². The van der Waals surface area contributed by atoms with Crippen molar-refractivity contribution in [3.8, 4) is 0 Å². The summed E-state index contributed by atoms with van der Waals surface area (Å²) < 4.78 is 12.5. The van der Waals surface area contributed by atoms with E-state index in [-0.39, 0.29) is 40.9 Å². The number of fused-ring (bicyclic) bond motifs is 4. The van der Waals surface area contributed by atoms with E-state index in [4.69, 9.17) is 9.47 Å². The average molecular weight is 469 g/mol. The summed E-state index contributed by atoms with van der Waals surface area (Å²) in [5, 5.41) is 0. The topological polar surface area (TPSA) is 55.9 Å². The van der Waals surface area contributed by atoms with Gasteiger partial charge in [0.15, 0.2) is 5.78 Å². The fourth-order valence-corrected chi connectivity index (χ4v) is 9.12. The van der Waals surface area contributed by atoms with Crippen LogP contribution in [0.4, 0.5) is 0 Å². The van der Waals surface area contributed by atoms with Crippen molar-refractivity contribution in [3.05, 3.63) is 24.3 Å². The highest BCUT2D eigenvalue weighted by Crippen LogP contribution is 2.73. The normalized spacial score (nSPS) is 48.6. The first-order valence-electron chi connectivity index (χ1n) is 13.7. The predicted octanol–water partition coefficient (Wildman–Crippen LogP) is 6.15. The molecule has 0 N–H and O–H groups in total. The summed E-state index contributed by atoms with van der Waals surface area (Å²) in [7, 11) is 0. The molecule has 4 aliphatic carbocycles. The van der Waals surface area contributed by atoms with Crippen LogP contribution in [0.2, 0.25) is 0 Å². The molecular weight excluding hydrogens is 424 g/mol. The monoisotopic (exact) mass is 468 g/mol. The van der Waals surface area contributed by atoms with Gasteiger partial charge in [-0.3, -0.25) is 9.59 Å². The molecule has 4 fully saturated rings. The van der Waals surface area contributed by atoms with Crippen molar-refractivity contribution in [1.82, 2.24) is 0 Å². The van der Waals surface area contributed by atoms with Gasteiger partial charge >= 0.3 is 5.97 Å². The predicted molar refractivity (Wildman–Crippen MR) is 133 cm³/mol. The van der Waals surface area contributed by atoms with Crippen LogP contribution in [0, 0.1) is 52.3 Å². The van der Waals surface area contributed by atoms with Crippen molar-refractivity contribution in [1.29, 1.82) is 0 Å². The van der Waals surface area contributed by atoms with Gasteiger partial charge in [0.1, 0.15) is 11.7 Å². The van der Waals surface area contributed by atoms with Crippen LogP contribution in [0.15, 0.2) is 24.3 Å². The molecule has 188 valence electrons. The number of carbonyl (C=O) groups excluding carboxylic acids is 2. The zero-order valence-corrected chi connectivity index (χ0v) is 22.2. The number of rotatable bonds is 5. The summed E-state index contributed by atoms with van der Waals surface area (Å²) in [4.78, 5) is 25.8. The van der Waals surface area contributed by atoms with Crippen molar-refractivity contribution >= 4 is 11.8 Å². The second kappa shape index (κ2) is 8.05. The summed E-state index contributed by atoms with van der Waals surface area (Å²) in [5.74, 6) is 3.15. The van der Waals surface area contributed by atoms with Crippen LogP contribution in [0.25, 0.3) is 0 Å². The van der Waals surface area contributed by atoms with E-state index in [2.05, 4.69) is 53.7 Å². The second-order valence-corrected chi connectivity index (χ2v) is 13.1. The van der Waals surface area contributed by atoms with Gasteiger partial charge < -0.3 is 9.47 Å². The lowest BCUT2D eigenvalue weighted by Gasteiger charge is -2.59. The molecule has 11 atom stereocenters. The summed E-state index contributed by atoms with van der Waals surface area (Å²) >= 11 is 0. The minimum absolute atomic E-state index is 0.0382. The number of hydrogen-bond acceptors (Lipinski definition) is 4. The zero-order valence-electron chi connectivity index (χ0n) is 22.2. The smallest absolute Gasteiger partial charge is 0.302 e. The average Bonchev–Trinajstić information content (AvgIpc) is 3.35. The highest BCUT2D eigenvalue weighted by Gasteiger charge is 2.79. The van der Waals surface area contributed by atoms with E-state index in [9.17, 15) is 9.59 Å². The number of carbonyl (C=O) groups is 2. The van der Waals surface area contributed by atoms with Crippen molar-refractivity contribution in [2.45, 2.75) is 98.4 Å². The standard InChI is InChI=1S/C30H44O4/c1-17(2)18(3)10-11-19(4)22-12-13-23-21-15-26-30(34-26)14-8-9-25(32)29(30,7)27(21)24(33-20(5)31)16-28(22,23)6/h8-11,17-19,21-24,26-27H,12-16H2,1-7H3. The number of esters is 1. The number of epoxide rings is 1. The van der Waals surface area contributed by atoms with Gasteiger partial charge in [0, 0.05) is 12.8 Å². The third-order valence-electron chi connectivity index (χ3n) is 11.3. The minimum Gasteiger partial charge on any atom is -0.462 e. The van der Waals surface area contributed by atoms with Crippen LogP contribution < -0.4 is 0 Å². The van der Waals surface area contributed by atoms with E-state index in [0.717, 1.165) is 19.3 Å². The number of hydrogen-bond donors (Lipinski definition) is 0. The molecule has 11 unspecified atom stereocenters. The Morgan fingerprint density at radius 1 is 1.18 bits per heavy atom. The molecule has 0 aromatic rings. The number of ketones is 1. The van der Waals surface area contributed by atoms with Crippen molar-refractivity contribution in [3.63, 3.8) is 0 Å². The lowest BCUT2D eigenvalue weighted by atomic mass is 9.44. The van der Waals surface area contributed by atoms with Gasteiger partial charge in [-0.1, -0.05) is 52.8 Å². The Morgan fingerprint density at radius 3 is 2.59 bits per heavy atom. The first-order valence-corrected chi connectivity index (χ1v) is 13.7. The Morgan fingerprint density at radius 2 is 1.91 bits per heavy atom. The SMILES string of the molecule is CC(=O)OC1CC2(C)C(C(C)C=CC(C)C(C)C)CCC2C2CC3OC34CC=CC(=O)C4(C)C12. The molecular formula is C30H44O4. The van der Waals surface area contributed by atoms with Gasteiger partial charge in [-0.25, -0.2) is 0 Å². The van der Waals surface area contributed by atoms with E-state index in [1.165, 1.54) is 19.8 Å². The first-order chi connectivity index (χ1) is 16.0. The molecule has 3 saturated carbocycles. The largest absolute Gasteiger partial charge is 0.462 e. The molecule has 4 nitrogen and oxygen atoms in total. The lowest BCUT2D eigenvalue weighted by Crippen LogP contribution is -2.64. The summed E-state index contributed by atoms with van der Waals surface area (Å²) in [6, 6.07) is 0. The third kappa shape index (κ3) is 3.26. The Balaban J connectivity index is 1.50. The van der Waals surface area contributed by atoms with E-state index in [0.29, 0.717) is 35.5 Å². The van der Waals surface area contributed by atoms with Crippen molar-refractivity contribution < 1.29 is 19.1 Å². The highest BCUT2D eigenvalue weighted by molar-refractivity contribution is 5.98. The molecule has 0 aromatic heterocycles. The van der Waals surface area contributed by atoms with E-state index < -0.39 is 5.41 Å². The summed E-state index contributed by atoms with van der Waals surface area (Å²) in [6.07, 6.45) is 13.6. The van der Waals surface area contributed by atoms with Crippen molar-refractivity contribution in [2.24, 2.45) is 52.3 Å². The molecule has 0 amide bonds. The molecule has 34 heavy (non-hydrogen) atoms. The van der Waals surface area contributed by atoms with Crippen LogP contribution >= 0.6 is 0 Å². The van der Waals surface area contributed by atoms with Crippen molar-refractivity contribution in [2.75, 3.05) is 0 Å². The molecule has 0 bridgehead atoms. The van der Waals surface area contributed by atoms with Crippen LogP contribution in [0.1, 0.15) is 80.6 Å². The lowest BCUT2D eigenvalue weighted by molar-refractivity contribution is -0.186. The molecule has 5 rings (SSSR count).